The number of hydrogen-bond donors (Lipinski definition) is 1. The second-order valence-electron chi connectivity index (χ2n) is 4.49. The Morgan fingerprint density at radius 3 is 3.06 bits per heavy atom. The molecule has 2 rings (SSSR count). The maximum Gasteiger partial charge on any atom is 0.0866 e. The second kappa shape index (κ2) is 6.03. The van der Waals surface area contributed by atoms with Crippen molar-refractivity contribution in [2.24, 2.45) is 0 Å². The Morgan fingerprint density at radius 2 is 2.39 bits per heavy atom. The number of hydrogen-bond acceptors (Lipinski definition) is 3. The average molecular weight is 247 g/mol. The lowest BCUT2D eigenvalue weighted by Gasteiger charge is -2.36. The van der Waals surface area contributed by atoms with Gasteiger partial charge in [0.2, 0.25) is 0 Å². The molecule has 3 nitrogen and oxygen atoms in total. The highest BCUT2D eigenvalue weighted by molar-refractivity contribution is 5.62. The molecule has 0 bridgehead atoms. The van der Waals surface area contributed by atoms with Gasteiger partial charge >= 0.3 is 0 Å². The van der Waals surface area contributed by atoms with E-state index in [0.29, 0.717) is 6.61 Å². The molecule has 0 saturated heterocycles. The van der Waals surface area contributed by atoms with Gasteiger partial charge in [-0.05, 0) is 13.3 Å². The second-order valence-corrected chi connectivity index (χ2v) is 4.49. The third kappa shape index (κ3) is 2.42. The minimum Gasteiger partial charge on any atom is -0.392 e. The van der Waals surface area contributed by atoms with Crippen LogP contribution in [0.25, 0.3) is 0 Å². The van der Waals surface area contributed by atoms with Crippen LogP contribution in [0, 0.1) is 0 Å². The van der Waals surface area contributed by atoms with Crippen molar-refractivity contribution in [1.82, 2.24) is 0 Å². The third-order valence-corrected chi connectivity index (χ3v) is 3.44. The van der Waals surface area contributed by atoms with Crippen molar-refractivity contribution in [1.29, 1.82) is 0 Å². The molecular weight excluding hydrogens is 226 g/mol. The molecule has 0 amide bonds. The largest absolute Gasteiger partial charge is 0.392 e. The molecule has 0 fully saturated rings. The molecule has 1 aliphatic heterocycles. The summed E-state index contributed by atoms with van der Waals surface area (Å²) < 4.78 is 5.82. The molecular formula is C15H21NO2. The molecule has 1 N–H and O–H groups in total. The van der Waals surface area contributed by atoms with Crippen molar-refractivity contribution in [2.45, 2.75) is 26.1 Å². The molecule has 0 spiro atoms. The van der Waals surface area contributed by atoms with Crippen molar-refractivity contribution in [3.8, 4) is 0 Å². The van der Waals surface area contributed by atoms with Gasteiger partial charge < -0.3 is 14.7 Å². The molecule has 1 aliphatic rings. The zero-order chi connectivity index (χ0) is 13.0. The zero-order valence-electron chi connectivity index (χ0n) is 10.9. The van der Waals surface area contributed by atoms with Gasteiger partial charge in [0.05, 0.1) is 19.3 Å². The number of benzene rings is 1. The standard InChI is InChI=1S/C15H21NO2/c1-3-10-18-14-8-9-16(4-2)15-12(11-17)6-5-7-13(14)15/h3,5-7,14,17H,1,4,8-11H2,2H3. The van der Waals surface area contributed by atoms with Crippen LogP contribution in [0.3, 0.4) is 0 Å². The predicted molar refractivity (Wildman–Crippen MR) is 73.8 cm³/mol. The monoisotopic (exact) mass is 247 g/mol. The van der Waals surface area contributed by atoms with Crippen LogP contribution < -0.4 is 4.90 Å². The Balaban J connectivity index is 2.37. The molecule has 1 aromatic carbocycles. The summed E-state index contributed by atoms with van der Waals surface area (Å²) in [5, 5.41) is 9.49. The van der Waals surface area contributed by atoms with Gasteiger partial charge in [0.1, 0.15) is 0 Å². The van der Waals surface area contributed by atoms with Crippen LogP contribution in [0.1, 0.15) is 30.6 Å². The number of anilines is 1. The summed E-state index contributed by atoms with van der Waals surface area (Å²) in [4.78, 5) is 2.31. The van der Waals surface area contributed by atoms with Gasteiger partial charge in [-0.15, -0.1) is 6.58 Å². The van der Waals surface area contributed by atoms with E-state index >= 15 is 0 Å². The van der Waals surface area contributed by atoms with Crippen LogP contribution in [-0.2, 0) is 11.3 Å². The van der Waals surface area contributed by atoms with Gasteiger partial charge in [-0.2, -0.15) is 0 Å². The predicted octanol–water partition coefficient (Wildman–Crippen LogP) is 2.65. The van der Waals surface area contributed by atoms with Gasteiger partial charge in [-0.25, -0.2) is 0 Å². The van der Waals surface area contributed by atoms with Gasteiger partial charge in [0.25, 0.3) is 0 Å². The highest BCUT2D eigenvalue weighted by Crippen LogP contribution is 2.38. The number of aliphatic hydroxyl groups is 1. The fourth-order valence-electron chi connectivity index (χ4n) is 2.60. The summed E-state index contributed by atoms with van der Waals surface area (Å²) in [6.07, 6.45) is 2.89. The van der Waals surface area contributed by atoms with Crippen LogP contribution in [0.15, 0.2) is 30.9 Å². The highest BCUT2D eigenvalue weighted by atomic mass is 16.5. The molecule has 3 heteroatoms. The van der Waals surface area contributed by atoms with Crippen molar-refractivity contribution >= 4 is 5.69 Å². The first-order valence-electron chi connectivity index (χ1n) is 6.51. The van der Waals surface area contributed by atoms with E-state index in [0.717, 1.165) is 30.8 Å². The van der Waals surface area contributed by atoms with Crippen LogP contribution in [0.4, 0.5) is 5.69 Å². The summed E-state index contributed by atoms with van der Waals surface area (Å²) >= 11 is 0. The number of ether oxygens (including phenoxy) is 1. The van der Waals surface area contributed by atoms with E-state index in [2.05, 4.69) is 24.5 Å². The fourth-order valence-corrected chi connectivity index (χ4v) is 2.60. The van der Waals surface area contributed by atoms with E-state index in [9.17, 15) is 5.11 Å². The van der Waals surface area contributed by atoms with Crippen LogP contribution in [-0.4, -0.2) is 24.8 Å². The van der Waals surface area contributed by atoms with E-state index < -0.39 is 0 Å². The maximum absolute atomic E-state index is 9.49. The Labute approximate surface area is 109 Å². The molecule has 0 aromatic heterocycles. The molecule has 1 aromatic rings. The van der Waals surface area contributed by atoms with Crippen molar-refractivity contribution in [2.75, 3.05) is 24.6 Å². The zero-order valence-corrected chi connectivity index (χ0v) is 10.9. The minimum atomic E-state index is 0.0772. The Morgan fingerprint density at radius 1 is 1.56 bits per heavy atom. The summed E-state index contributed by atoms with van der Waals surface area (Å²) in [5.41, 5.74) is 3.33. The minimum absolute atomic E-state index is 0.0772. The number of nitrogens with zero attached hydrogens (tertiary/aromatic N) is 1. The summed E-state index contributed by atoms with van der Waals surface area (Å²) in [7, 11) is 0. The number of rotatable bonds is 5. The molecule has 1 atom stereocenters. The quantitative estimate of drug-likeness (QED) is 0.812. The SMILES string of the molecule is C=CCOC1CCN(CC)c2c(CO)cccc21. The lowest BCUT2D eigenvalue weighted by molar-refractivity contribution is 0.0658. The summed E-state index contributed by atoms with van der Waals surface area (Å²) in [6.45, 7) is 8.41. The Kier molecular flexibility index (Phi) is 4.39. The van der Waals surface area contributed by atoms with Crippen molar-refractivity contribution in [3.05, 3.63) is 42.0 Å². The molecule has 0 saturated carbocycles. The van der Waals surface area contributed by atoms with Gasteiger partial charge in [-0.3, -0.25) is 0 Å². The van der Waals surface area contributed by atoms with E-state index in [1.807, 2.05) is 12.1 Å². The fraction of sp³-hybridized carbons (Fsp3) is 0.467. The molecule has 1 unspecified atom stereocenters. The van der Waals surface area contributed by atoms with Crippen molar-refractivity contribution < 1.29 is 9.84 Å². The summed E-state index contributed by atoms with van der Waals surface area (Å²) in [6, 6.07) is 6.08. The van der Waals surface area contributed by atoms with Gasteiger partial charge in [0, 0.05) is 29.9 Å². The Bertz CT molecular complexity index is 417. The van der Waals surface area contributed by atoms with E-state index in [-0.39, 0.29) is 12.7 Å². The Hall–Kier alpha value is -1.32. The lowest BCUT2D eigenvalue weighted by Crippen LogP contribution is -2.32. The highest BCUT2D eigenvalue weighted by Gasteiger charge is 2.26. The maximum atomic E-state index is 9.49. The van der Waals surface area contributed by atoms with Gasteiger partial charge in [-0.1, -0.05) is 24.3 Å². The van der Waals surface area contributed by atoms with Gasteiger partial charge in [0.15, 0.2) is 0 Å². The first-order chi connectivity index (χ1) is 8.81. The number of para-hydroxylation sites is 1. The molecule has 1 heterocycles. The molecule has 0 radical (unpaired) electrons. The molecule has 0 aliphatic carbocycles. The number of fused-ring (bicyclic) bond motifs is 1. The first-order valence-corrected chi connectivity index (χ1v) is 6.51. The topological polar surface area (TPSA) is 32.7 Å². The van der Waals surface area contributed by atoms with E-state index in [1.54, 1.807) is 6.08 Å². The molecule has 98 valence electrons. The smallest absolute Gasteiger partial charge is 0.0866 e. The van der Waals surface area contributed by atoms with E-state index in [1.165, 1.54) is 5.56 Å². The number of aliphatic hydroxyl groups excluding tert-OH is 1. The van der Waals surface area contributed by atoms with Crippen LogP contribution >= 0.6 is 0 Å². The average Bonchev–Trinajstić information content (AvgIpc) is 2.43. The third-order valence-electron chi connectivity index (χ3n) is 3.44. The van der Waals surface area contributed by atoms with Crippen molar-refractivity contribution in [3.63, 3.8) is 0 Å². The first kappa shape index (κ1) is 13.1. The normalized spacial score (nSPS) is 18.6. The van der Waals surface area contributed by atoms with Crippen LogP contribution in [0.5, 0.6) is 0 Å². The molecule has 18 heavy (non-hydrogen) atoms. The summed E-state index contributed by atoms with van der Waals surface area (Å²) in [5.74, 6) is 0. The lowest BCUT2D eigenvalue weighted by atomic mass is 9.95. The van der Waals surface area contributed by atoms with E-state index in [4.69, 9.17) is 4.74 Å². The van der Waals surface area contributed by atoms with Crippen LogP contribution in [0.2, 0.25) is 0 Å².